The number of pyridine rings is 1. The molecule has 1 aromatic rings. The fourth-order valence-corrected chi connectivity index (χ4v) is 2.47. The van der Waals surface area contributed by atoms with Crippen molar-refractivity contribution in [2.75, 3.05) is 27.2 Å². The van der Waals surface area contributed by atoms with Crippen molar-refractivity contribution in [2.24, 2.45) is 0 Å². The highest BCUT2D eigenvalue weighted by Gasteiger charge is 2.26. The summed E-state index contributed by atoms with van der Waals surface area (Å²) < 4.78 is 0. The second kappa shape index (κ2) is 5.81. The summed E-state index contributed by atoms with van der Waals surface area (Å²) in [5, 5.41) is 9.04. The van der Waals surface area contributed by atoms with Crippen LogP contribution in [0.4, 0.5) is 0 Å². The van der Waals surface area contributed by atoms with Crippen LogP contribution in [0, 0.1) is 11.3 Å². The van der Waals surface area contributed by atoms with Gasteiger partial charge >= 0.3 is 0 Å². The molecule has 1 aliphatic rings. The number of hydrogen-bond donors (Lipinski definition) is 0. The number of carbonyl (C=O) groups is 1. The number of nitriles is 1. The average molecular weight is 258 g/mol. The third kappa shape index (κ3) is 2.91. The van der Waals surface area contributed by atoms with Gasteiger partial charge in [-0.25, -0.2) is 0 Å². The molecule has 5 nitrogen and oxygen atoms in total. The van der Waals surface area contributed by atoms with Crippen LogP contribution in [0.15, 0.2) is 18.5 Å². The minimum absolute atomic E-state index is 0.120. The van der Waals surface area contributed by atoms with Crippen molar-refractivity contribution in [3.05, 3.63) is 29.6 Å². The predicted octanol–water partition coefficient (Wildman–Crippen LogP) is 1.12. The summed E-state index contributed by atoms with van der Waals surface area (Å²) in [5.41, 5.74) is 0.775. The highest BCUT2D eigenvalue weighted by atomic mass is 16.2. The number of likely N-dealkylation sites (N-methyl/N-ethyl adjacent to an activating group) is 2. The zero-order valence-electron chi connectivity index (χ0n) is 11.3. The van der Waals surface area contributed by atoms with E-state index in [4.69, 9.17) is 5.26 Å². The number of hydrogen-bond acceptors (Lipinski definition) is 4. The van der Waals surface area contributed by atoms with Gasteiger partial charge in [-0.3, -0.25) is 9.78 Å². The molecule has 0 aromatic carbocycles. The SMILES string of the molecule is CN1CCCC(N(C)C(=O)c2cnccc2C#N)C1. The number of carbonyl (C=O) groups excluding carboxylic acids is 1. The molecule has 100 valence electrons. The molecular weight excluding hydrogens is 240 g/mol. The van der Waals surface area contributed by atoms with E-state index >= 15 is 0 Å². The fraction of sp³-hybridized carbons (Fsp3) is 0.500. The molecule has 1 aromatic heterocycles. The van der Waals surface area contributed by atoms with E-state index in [1.165, 1.54) is 12.4 Å². The molecule has 1 amide bonds. The summed E-state index contributed by atoms with van der Waals surface area (Å²) in [6, 6.07) is 3.83. The molecule has 0 radical (unpaired) electrons. The number of piperidine rings is 1. The lowest BCUT2D eigenvalue weighted by atomic mass is 10.0. The molecule has 1 aliphatic heterocycles. The van der Waals surface area contributed by atoms with Gasteiger partial charge in [0.15, 0.2) is 0 Å². The predicted molar refractivity (Wildman–Crippen MR) is 71.6 cm³/mol. The standard InChI is InChI=1S/C14H18N4O/c1-17-7-3-4-12(10-17)18(2)14(19)13-9-16-6-5-11(13)8-15/h5-6,9,12H,3-4,7,10H2,1-2H3. The Kier molecular flexibility index (Phi) is 4.13. The van der Waals surface area contributed by atoms with Gasteiger partial charge in [0.1, 0.15) is 6.07 Å². The molecule has 2 rings (SSSR count). The van der Waals surface area contributed by atoms with E-state index in [0.717, 1.165) is 25.9 Å². The van der Waals surface area contributed by atoms with Gasteiger partial charge in [-0.05, 0) is 32.5 Å². The van der Waals surface area contributed by atoms with Crippen molar-refractivity contribution in [1.29, 1.82) is 5.26 Å². The van der Waals surface area contributed by atoms with Gasteiger partial charge in [-0.1, -0.05) is 0 Å². The monoisotopic (exact) mass is 258 g/mol. The maximum Gasteiger partial charge on any atom is 0.256 e. The van der Waals surface area contributed by atoms with Crippen molar-refractivity contribution >= 4 is 5.91 Å². The largest absolute Gasteiger partial charge is 0.337 e. The minimum atomic E-state index is -0.120. The third-order valence-electron chi connectivity index (χ3n) is 3.64. The lowest BCUT2D eigenvalue weighted by Crippen LogP contribution is -2.47. The van der Waals surface area contributed by atoms with Crippen LogP contribution in [0.2, 0.25) is 0 Å². The van der Waals surface area contributed by atoms with Gasteiger partial charge in [0.2, 0.25) is 0 Å². The molecule has 5 heteroatoms. The van der Waals surface area contributed by atoms with Crippen LogP contribution in [0.3, 0.4) is 0 Å². The Hall–Kier alpha value is -1.93. The van der Waals surface area contributed by atoms with Gasteiger partial charge in [0.25, 0.3) is 5.91 Å². The van der Waals surface area contributed by atoms with Gasteiger partial charge in [0.05, 0.1) is 11.1 Å². The van der Waals surface area contributed by atoms with Crippen LogP contribution in [0.5, 0.6) is 0 Å². The summed E-state index contributed by atoms with van der Waals surface area (Å²) >= 11 is 0. The van der Waals surface area contributed by atoms with E-state index in [9.17, 15) is 4.79 Å². The Morgan fingerprint density at radius 3 is 3.11 bits per heavy atom. The van der Waals surface area contributed by atoms with E-state index in [1.807, 2.05) is 6.07 Å². The zero-order valence-corrected chi connectivity index (χ0v) is 11.3. The molecule has 1 fully saturated rings. The smallest absolute Gasteiger partial charge is 0.256 e. The van der Waals surface area contributed by atoms with Crippen molar-refractivity contribution in [1.82, 2.24) is 14.8 Å². The van der Waals surface area contributed by atoms with Crippen molar-refractivity contribution in [3.8, 4) is 6.07 Å². The highest BCUT2D eigenvalue weighted by molar-refractivity contribution is 5.96. The lowest BCUT2D eigenvalue weighted by Gasteiger charge is -2.35. The molecule has 2 heterocycles. The number of amides is 1. The van der Waals surface area contributed by atoms with Crippen molar-refractivity contribution in [3.63, 3.8) is 0 Å². The number of likely N-dealkylation sites (tertiary alicyclic amines) is 1. The molecule has 1 saturated heterocycles. The first-order valence-electron chi connectivity index (χ1n) is 6.43. The molecule has 0 N–H and O–H groups in total. The van der Waals surface area contributed by atoms with Gasteiger partial charge < -0.3 is 9.80 Å². The Bertz CT molecular complexity index is 508. The number of nitrogens with zero attached hydrogens (tertiary/aromatic N) is 4. The molecule has 19 heavy (non-hydrogen) atoms. The molecule has 1 unspecified atom stereocenters. The number of aromatic nitrogens is 1. The minimum Gasteiger partial charge on any atom is -0.337 e. The van der Waals surface area contributed by atoms with Crippen LogP contribution in [0.25, 0.3) is 0 Å². The van der Waals surface area contributed by atoms with E-state index in [2.05, 4.69) is 16.9 Å². The Balaban J connectivity index is 2.17. The summed E-state index contributed by atoms with van der Waals surface area (Å²) in [6.07, 6.45) is 5.11. The number of rotatable bonds is 2. The van der Waals surface area contributed by atoms with Crippen molar-refractivity contribution < 1.29 is 4.79 Å². The Morgan fingerprint density at radius 2 is 2.42 bits per heavy atom. The Labute approximate surface area is 113 Å². The highest BCUT2D eigenvalue weighted by Crippen LogP contribution is 2.17. The fourth-order valence-electron chi connectivity index (χ4n) is 2.47. The van der Waals surface area contributed by atoms with Gasteiger partial charge in [-0.2, -0.15) is 5.26 Å². The molecular formula is C14H18N4O. The molecule has 0 aliphatic carbocycles. The normalized spacial score (nSPS) is 19.7. The van der Waals surface area contributed by atoms with Gasteiger partial charge in [0, 0.05) is 32.0 Å². The second-order valence-electron chi connectivity index (χ2n) is 5.01. The molecule has 0 bridgehead atoms. The van der Waals surface area contributed by atoms with E-state index < -0.39 is 0 Å². The summed E-state index contributed by atoms with van der Waals surface area (Å²) in [5.74, 6) is -0.120. The average Bonchev–Trinajstić information content (AvgIpc) is 2.45. The van der Waals surface area contributed by atoms with Crippen molar-refractivity contribution in [2.45, 2.75) is 18.9 Å². The maximum atomic E-state index is 12.4. The van der Waals surface area contributed by atoms with Crippen LogP contribution in [0.1, 0.15) is 28.8 Å². The summed E-state index contributed by atoms with van der Waals surface area (Å²) in [7, 11) is 3.87. The first-order chi connectivity index (χ1) is 9.13. The Morgan fingerprint density at radius 1 is 1.63 bits per heavy atom. The summed E-state index contributed by atoms with van der Waals surface area (Å²) in [6.45, 7) is 1.96. The molecule has 0 saturated carbocycles. The first kappa shape index (κ1) is 13.5. The van der Waals surface area contributed by atoms with E-state index in [0.29, 0.717) is 11.1 Å². The molecule has 1 atom stereocenters. The topological polar surface area (TPSA) is 60.2 Å². The molecule has 0 spiro atoms. The van der Waals surface area contributed by atoms with Gasteiger partial charge in [-0.15, -0.1) is 0 Å². The van der Waals surface area contributed by atoms with Crippen LogP contribution in [-0.2, 0) is 0 Å². The van der Waals surface area contributed by atoms with Crippen LogP contribution < -0.4 is 0 Å². The third-order valence-corrected chi connectivity index (χ3v) is 3.64. The second-order valence-corrected chi connectivity index (χ2v) is 5.01. The lowest BCUT2D eigenvalue weighted by molar-refractivity contribution is 0.0643. The quantitative estimate of drug-likeness (QED) is 0.797. The van der Waals surface area contributed by atoms with Crippen LogP contribution >= 0.6 is 0 Å². The van der Waals surface area contributed by atoms with Crippen LogP contribution in [-0.4, -0.2) is 53.9 Å². The first-order valence-corrected chi connectivity index (χ1v) is 6.43. The zero-order chi connectivity index (χ0) is 13.8. The van der Waals surface area contributed by atoms with E-state index in [1.54, 1.807) is 18.0 Å². The summed E-state index contributed by atoms with van der Waals surface area (Å²) in [4.78, 5) is 20.4. The van der Waals surface area contributed by atoms with E-state index in [-0.39, 0.29) is 11.9 Å². The maximum absolute atomic E-state index is 12.4.